The number of halogens is 3. The zero-order valence-electron chi connectivity index (χ0n) is 14.1. The zero-order valence-corrected chi connectivity index (χ0v) is 14.9. The average Bonchev–Trinajstić information content (AvgIpc) is 2.53. The van der Waals surface area contributed by atoms with Crippen molar-refractivity contribution in [3.05, 3.63) is 29.8 Å². The molecule has 2 aliphatic rings. The normalized spacial score (nSPS) is 19.9. The van der Waals surface area contributed by atoms with Crippen molar-refractivity contribution in [1.82, 2.24) is 4.90 Å². The minimum absolute atomic E-state index is 0.130. The second-order valence-corrected chi connectivity index (χ2v) is 9.39. The molecule has 26 heavy (non-hydrogen) atoms. The highest BCUT2D eigenvalue weighted by atomic mass is 32.2. The van der Waals surface area contributed by atoms with Crippen LogP contribution in [0.1, 0.15) is 37.7 Å². The van der Waals surface area contributed by atoms with Crippen molar-refractivity contribution in [3.63, 3.8) is 0 Å². The van der Waals surface area contributed by atoms with Crippen LogP contribution in [-0.2, 0) is 16.0 Å². The van der Waals surface area contributed by atoms with Gasteiger partial charge < -0.3 is 10.2 Å². The van der Waals surface area contributed by atoms with Crippen LogP contribution < -0.4 is 5.32 Å². The molecule has 144 valence electrons. The van der Waals surface area contributed by atoms with Gasteiger partial charge in [0.2, 0.25) is 0 Å². The number of amides is 2. The predicted molar refractivity (Wildman–Crippen MR) is 91.6 cm³/mol. The SMILES string of the molecule is O=C(Nc1ccc(C(F)(F)F)cc1)N1CC(S(=O)(=O)C2CCCCC2)C1. The summed E-state index contributed by atoms with van der Waals surface area (Å²) < 4.78 is 62.7. The van der Waals surface area contributed by atoms with Crippen LogP contribution in [0.2, 0.25) is 0 Å². The number of sulfone groups is 1. The summed E-state index contributed by atoms with van der Waals surface area (Å²) in [6.45, 7) is 0.261. The number of anilines is 1. The molecule has 0 spiro atoms. The smallest absolute Gasteiger partial charge is 0.322 e. The van der Waals surface area contributed by atoms with Gasteiger partial charge in [-0.2, -0.15) is 13.2 Å². The molecule has 1 heterocycles. The predicted octanol–water partition coefficient (Wildman–Crippen LogP) is 3.67. The highest BCUT2D eigenvalue weighted by Gasteiger charge is 2.43. The van der Waals surface area contributed by atoms with Gasteiger partial charge in [-0.05, 0) is 37.1 Å². The molecule has 0 atom stereocenters. The molecule has 1 aromatic carbocycles. The number of nitrogens with one attached hydrogen (secondary N) is 1. The zero-order chi connectivity index (χ0) is 18.9. The second kappa shape index (κ2) is 7.09. The second-order valence-electron chi connectivity index (χ2n) is 6.88. The van der Waals surface area contributed by atoms with Gasteiger partial charge in [-0.25, -0.2) is 13.2 Å². The number of hydrogen-bond donors (Lipinski definition) is 1. The van der Waals surface area contributed by atoms with E-state index in [0.29, 0.717) is 12.8 Å². The van der Waals surface area contributed by atoms with Crippen LogP contribution in [0.25, 0.3) is 0 Å². The quantitative estimate of drug-likeness (QED) is 0.856. The summed E-state index contributed by atoms with van der Waals surface area (Å²) in [5, 5.41) is 1.66. The van der Waals surface area contributed by atoms with E-state index < -0.39 is 32.9 Å². The van der Waals surface area contributed by atoms with E-state index in [-0.39, 0.29) is 24.0 Å². The number of hydrogen-bond acceptors (Lipinski definition) is 3. The molecule has 1 N–H and O–H groups in total. The Balaban J connectivity index is 1.53. The molecule has 0 unspecified atom stereocenters. The lowest BCUT2D eigenvalue weighted by atomic mass is 10.0. The van der Waals surface area contributed by atoms with Gasteiger partial charge in [-0.1, -0.05) is 19.3 Å². The maximum Gasteiger partial charge on any atom is 0.416 e. The van der Waals surface area contributed by atoms with Crippen LogP contribution in [0.4, 0.5) is 23.7 Å². The Kier molecular flexibility index (Phi) is 5.18. The van der Waals surface area contributed by atoms with Gasteiger partial charge >= 0.3 is 12.2 Å². The lowest BCUT2D eigenvalue weighted by Crippen LogP contribution is -2.59. The molecule has 1 aliphatic heterocycles. The monoisotopic (exact) mass is 390 g/mol. The van der Waals surface area contributed by atoms with Crippen molar-refractivity contribution in [2.24, 2.45) is 0 Å². The summed E-state index contributed by atoms with van der Waals surface area (Å²) in [5.41, 5.74) is -0.556. The Bertz CT molecular complexity index is 750. The van der Waals surface area contributed by atoms with E-state index in [1.807, 2.05) is 0 Å². The number of nitrogens with zero attached hydrogens (tertiary/aromatic N) is 1. The maximum absolute atomic E-state index is 12.6. The third-order valence-electron chi connectivity index (χ3n) is 5.08. The minimum Gasteiger partial charge on any atom is -0.322 e. The molecule has 5 nitrogen and oxygen atoms in total. The Labute approximate surface area is 150 Å². The summed E-state index contributed by atoms with van der Waals surface area (Å²) in [4.78, 5) is 13.5. The van der Waals surface area contributed by atoms with Gasteiger partial charge in [0.05, 0.1) is 16.1 Å². The average molecular weight is 390 g/mol. The maximum atomic E-state index is 12.6. The fourth-order valence-electron chi connectivity index (χ4n) is 3.42. The van der Waals surface area contributed by atoms with Crippen LogP contribution in [-0.4, -0.2) is 42.9 Å². The molecule has 0 bridgehead atoms. The molecule has 2 amide bonds. The molecule has 1 aromatic rings. The van der Waals surface area contributed by atoms with Gasteiger partial charge in [0.15, 0.2) is 9.84 Å². The molecule has 0 aromatic heterocycles. The lowest BCUT2D eigenvalue weighted by Gasteiger charge is -2.40. The van der Waals surface area contributed by atoms with Crippen LogP contribution in [0, 0.1) is 0 Å². The lowest BCUT2D eigenvalue weighted by molar-refractivity contribution is -0.137. The summed E-state index contributed by atoms with van der Waals surface area (Å²) in [7, 11) is -3.23. The number of alkyl halides is 3. The number of carbonyl (C=O) groups is 1. The fourth-order valence-corrected chi connectivity index (χ4v) is 5.73. The van der Waals surface area contributed by atoms with Gasteiger partial charge in [0.25, 0.3) is 0 Å². The van der Waals surface area contributed by atoms with Gasteiger partial charge in [0, 0.05) is 18.8 Å². The van der Waals surface area contributed by atoms with Crippen LogP contribution in [0.3, 0.4) is 0 Å². The van der Waals surface area contributed by atoms with Crippen molar-refractivity contribution in [1.29, 1.82) is 0 Å². The van der Waals surface area contributed by atoms with Crippen LogP contribution in [0.5, 0.6) is 0 Å². The summed E-state index contributed by atoms with van der Waals surface area (Å²) in [5.74, 6) is 0. The first-order chi connectivity index (χ1) is 12.2. The third-order valence-corrected chi connectivity index (χ3v) is 7.71. The van der Waals surface area contributed by atoms with Crippen molar-refractivity contribution < 1.29 is 26.4 Å². The molecule has 9 heteroatoms. The van der Waals surface area contributed by atoms with Crippen LogP contribution >= 0.6 is 0 Å². The Morgan fingerprint density at radius 2 is 1.58 bits per heavy atom. The van der Waals surface area contributed by atoms with Crippen molar-refractivity contribution in [2.45, 2.75) is 48.8 Å². The summed E-state index contributed by atoms with van der Waals surface area (Å²) >= 11 is 0. The fraction of sp³-hybridized carbons (Fsp3) is 0.588. The Morgan fingerprint density at radius 1 is 1.00 bits per heavy atom. The number of benzene rings is 1. The highest BCUT2D eigenvalue weighted by Crippen LogP contribution is 2.31. The van der Waals surface area contributed by atoms with E-state index in [9.17, 15) is 26.4 Å². The van der Waals surface area contributed by atoms with Gasteiger partial charge in [-0.15, -0.1) is 0 Å². The van der Waals surface area contributed by atoms with E-state index >= 15 is 0 Å². The van der Waals surface area contributed by atoms with E-state index in [4.69, 9.17) is 0 Å². The molecule has 1 saturated heterocycles. The summed E-state index contributed by atoms with van der Waals surface area (Å²) in [6.07, 6.45) is -0.129. The first-order valence-electron chi connectivity index (χ1n) is 8.64. The first kappa shape index (κ1) is 19.0. The number of carbonyl (C=O) groups excluding carboxylic acids is 1. The van der Waals surface area contributed by atoms with Crippen molar-refractivity contribution >= 4 is 21.6 Å². The number of likely N-dealkylation sites (tertiary alicyclic amines) is 1. The largest absolute Gasteiger partial charge is 0.416 e. The molecule has 2 fully saturated rings. The van der Waals surface area contributed by atoms with Crippen molar-refractivity contribution in [2.75, 3.05) is 18.4 Å². The van der Waals surface area contributed by atoms with Gasteiger partial charge in [-0.3, -0.25) is 0 Å². The van der Waals surface area contributed by atoms with E-state index in [1.165, 1.54) is 17.0 Å². The molecule has 1 saturated carbocycles. The summed E-state index contributed by atoms with van der Waals surface area (Å²) in [6, 6.07) is 3.64. The Hall–Kier alpha value is -1.77. The molecular weight excluding hydrogens is 369 g/mol. The number of urea groups is 1. The standard InChI is InChI=1S/C17H21F3N2O3S/c18-17(19,20)12-6-8-13(9-7-12)21-16(23)22-10-15(11-22)26(24,25)14-4-2-1-3-5-14/h6-9,14-15H,1-5,10-11H2,(H,21,23). The van der Waals surface area contributed by atoms with Gasteiger partial charge in [0.1, 0.15) is 0 Å². The van der Waals surface area contributed by atoms with Crippen molar-refractivity contribution in [3.8, 4) is 0 Å². The number of rotatable bonds is 3. The molecule has 3 rings (SSSR count). The first-order valence-corrected chi connectivity index (χ1v) is 10.2. The molecular formula is C17H21F3N2O3S. The van der Waals surface area contributed by atoms with Crippen LogP contribution in [0.15, 0.2) is 24.3 Å². The third kappa shape index (κ3) is 3.97. The van der Waals surface area contributed by atoms with E-state index in [0.717, 1.165) is 31.4 Å². The highest BCUT2D eigenvalue weighted by molar-refractivity contribution is 7.92. The Morgan fingerprint density at radius 3 is 2.12 bits per heavy atom. The van der Waals surface area contributed by atoms with E-state index in [2.05, 4.69) is 5.32 Å². The topological polar surface area (TPSA) is 66.5 Å². The van der Waals surface area contributed by atoms with E-state index in [1.54, 1.807) is 0 Å². The minimum atomic E-state index is -4.43. The molecule has 1 aliphatic carbocycles. The molecule has 0 radical (unpaired) electrons.